The summed E-state index contributed by atoms with van der Waals surface area (Å²) >= 11 is 0. The second kappa shape index (κ2) is 5.16. The summed E-state index contributed by atoms with van der Waals surface area (Å²) in [5, 5.41) is 18.7. The van der Waals surface area contributed by atoms with E-state index < -0.39 is 5.97 Å². The van der Waals surface area contributed by atoms with Gasteiger partial charge in [0.15, 0.2) is 11.5 Å². The highest BCUT2D eigenvalue weighted by atomic mass is 16.5. The van der Waals surface area contributed by atoms with Gasteiger partial charge in [0.1, 0.15) is 18.1 Å². The van der Waals surface area contributed by atoms with Gasteiger partial charge >= 0.3 is 5.97 Å². The minimum atomic E-state index is -1.12. The Balaban J connectivity index is 1.98. The molecule has 3 aromatic rings. The molecule has 2 heterocycles. The average molecular weight is 284 g/mol. The molecule has 0 amide bonds. The molecule has 0 saturated carbocycles. The van der Waals surface area contributed by atoms with E-state index in [-0.39, 0.29) is 18.1 Å². The van der Waals surface area contributed by atoms with Crippen molar-refractivity contribution in [1.82, 2.24) is 9.38 Å². The molecule has 0 aliphatic rings. The number of para-hydroxylation sites is 1. The maximum absolute atomic E-state index is 11.2. The number of nitrogens with zero attached hydrogens (tertiary/aromatic N) is 2. The van der Waals surface area contributed by atoms with Crippen molar-refractivity contribution in [2.75, 3.05) is 0 Å². The molecule has 0 fully saturated rings. The molecule has 0 radical (unpaired) electrons. The lowest BCUT2D eigenvalue weighted by atomic mass is 10.3. The third-order valence-corrected chi connectivity index (χ3v) is 3.01. The van der Waals surface area contributed by atoms with Crippen LogP contribution in [0.5, 0.6) is 11.5 Å². The van der Waals surface area contributed by atoms with Gasteiger partial charge in [-0.2, -0.15) is 0 Å². The highest BCUT2D eigenvalue weighted by Crippen LogP contribution is 2.19. The van der Waals surface area contributed by atoms with Gasteiger partial charge in [-0.15, -0.1) is 0 Å². The normalized spacial score (nSPS) is 10.7. The fourth-order valence-electron chi connectivity index (χ4n) is 2.06. The van der Waals surface area contributed by atoms with Gasteiger partial charge < -0.3 is 14.9 Å². The number of carbonyl (C=O) groups is 1. The third-order valence-electron chi connectivity index (χ3n) is 3.01. The largest absolute Gasteiger partial charge is 0.506 e. The minimum absolute atomic E-state index is 0.0257. The molecule has 0 atom stereocenters. The van der Waals surface area contributed by atoms with Crippen LogP contribution in [0.1, 0.15) is 16.3 Å². The van der Waals surface area contributed by atoms with E-state index in [1.807, 2.05) is 18.2 Å². The van der Waals surface area contributed by atoms with E-state index in [9.17, 15) is 15.0 Å². The van der Waals surface area contributed by atoms with Crippen LogP contribution in [0, 0.1) is 0 Å². The Hall–Kier alpha value is -3.02. The molecular weight excluding hydrogens is 272 g/mol. The van der Waals surface area contributed by atoms with Crippen molar-refractivity contribution in [3.63, 3.8) is 0 Å². The lowest BCUT2D eigenvalue weighted by Crippen LogP contribution is -2.01. The van der Waals surface area contributed by atoms with E-state index >= 15 is 0 Å². The van der Waals surface area contributed by atoms with Gasteiger partial charge in [-0.1, -0.05) is 18.2 Å². The summed E-state index contributed by atoms with van der Waals surface area (Å²) in [6, 6.07) is 12.1. The number of ether oxygens (including phenoxy) is 1. The molecular formula is C15H12N2O4. The Morgan fingerprint density at radius 1 is 1.19 bits per heavy atom. The Kier molecular flexibility index (Phi) is 3.19. The summed E-state index contributed by atoms with van der Waals surface area (Å²) in [6.45, 7) is 0.0991. The van der Waals surface area contributed by atoms with Crippen LogP contribution in [-0.2, 0) is 6.61 Å². The maximum atomic E-state index is 11.2. The van der Waals surface area contributed by atoms with E-state index in [0.29, 0.717) is 17.1 Å². The highest BCUT2D eigenvalue weighted by Gasteiger charge is 2.17. The van der Waals surface area contributed by atoms with Gasteiger partial charge in [-0.3, -0.25) is 4.40 Å². The van der Waals surface area contributed by atoms with Crippen molar-refractivity contribution in [2.45, 2.75) is 6.61 Å². The molecule has 1 aromatic carbocycles. The van der Waals surface area contributed by atoms with Gasteiger partial charge in [0.05, 0.1) is 11.7 Å². The summed E-state index contributed by atoms with van der Waals surface area (Å²) in [6.07, 6.45) is 1.42. The molecule has 0 aliphatic heterocycles. The molecule has 0 aliphatic carbocycles. The zero-order valence-electron chi connectivity index (χ0n) is 10.9. The quantitative estimate of drug-likeness (QED) is 0.768. The van der Waals surface area contributed by atoms with Crippen LogP contribution in [0.25, 0.3) is 5.52 Å². The standard InChI is InChI=1S/C15H12N2O4/c18-10-6-7-12-14(15(19)20)16-13(17(12)8-10)9-21-11-4-2-1-3-5-11/h1-8,18H,9H2,(H,19,20). The fourth-order valence-corrected chi connectivity index (χ4v) is 2.06. The average Bonchev–Trinajstić information content (AvgIpc) is 2.84. The van der Waals surface area contributed by atoms with Crippen LogP contribution in [0.2, 0.25) is 0 Å². The molecule has 0 saturated heterocycles. The van der Waals surface area contributed by atoms with Crippen LogP contribution >= 0.6 is 0 Å². The molecule has 6 nitrogen and oxygen atoms in total. The molecule has 0 spiro atoms. The summed E-state index contributed by atoms with van der Waals surface area (Å²) < 4.78 is 7.09. The first-order valence-electron chi connectivity index (χ1n) is 6.26. The zero-order valence-corrected chi connectivity index (χ0v) is 10.9. The summed E-state index contributed by atoms with van der Waals surface area (Å²) in [7, 11) is 0. The number of carboxylic acid groups (broad SMARTS) is 1. The van der Waals surface area contributed by atoms with Gasteiger partial charge in [-0.25, -0.2) is 9.78 Å². The number of aromatic nitrogens is 2. The number of benzene rings is 1. The molecule has 0 bridgehead atoms. The van der Waals surface area contributed by atoms with E-state index in [4.69, 9.17) is 4.74 Å². The lowest BCUT2D eigenvalue weighted by molar-refractivity contribution is 0.0693. The SMILES string of the molecule is O=C(O)c1nc(COc2ccccc2)n2cc(O)ccc12. The minimum Gasteiger partial charge on any atom is -0.506 e. The van der Waals surface area contributed by atoms with Crippen molar-refractivity contribution < 1.29 is 19.7 Å². The fraction of sp³-hybridized carbons (Fsp3) is 0.0667. The molecule has 106 valence electrons. The molecule has 2 N–H and O–H groups in total. The van der Waals surface area contributed by atoms with E-state index in [1.54, 1.807) is 12.1 Å². The van der Waals surface area contributed by atoms with Crippen LogP contribution in [-0.4, -0.2) is 25.6 Å². The first kappa shape index (κ1) is 13.0. The molecule has 2 aromatic heterocycles. The third kappa shape index (κ3) is 2.51. The van der Waals surface area contributed by atoms with E-state index in [1.165, 1.54) is 22.7 Å². The second-order valence-electron chi connectivity index (χ2n) is 4.43. The maximum Gasteiger partial charge on any atom is 0.356 e. The number of hydrogen-bond acceptors (Lipinski definition) is 4. The number of imidazole rings is 1. The highest BCUT2D eigenvalue weighted by molar-refractivity contribution is 5.93. The van der Waals surface area contributed by atoms with Crippen molar-refractivity contribution in [3.8, 4) is 11.5 Å². The number of carboxylic acids is 1. The Morgan fingerprint density at radius 2 is 1.95 bits per heavy atom. The molecule has 6 heteroatoms. The number of pyridine rings is 1. The summed E-state index contributed by atoms with van der Waals surface area (Å²) in [4.78, 5) is 15.3. The number of fused-ring (bicyclic) bond motifs is 1. The predicted octanol–water partition coefficient (Wildman–Crippen LogP) is 2.32. The van der Waals surface area contributed by atoms with Crippen molar-refractivity contribution in [2.24, 2.45) is 0 Å². The molecule has 3 rings (SSSR count). The topological polar surface area (TPSA) is 84.1 Å². The van der Waals surface area contributed by atoms with Crippen molar-refractivity contribution in [3.05, 3.63) is 60.2 Å². The first-order valence-corrected chi connectivity index (χ1v) is 6.26. The Labute approximate surface area is 119 Å². The van der Waals surface area contributed by atoms with E-state index in [0.717, 1.165) is 0 Å². The van der Waals surface area contributed by atoms with Crippen LogP contribution in [0.4, 0.5) is 0 Å². The molecule has 0 unspecified atom stereocenters. The van der Waals surface area contributed by atoms with Gasteiger partial charge in [-0.05, 0) is 24.3 Å². The van der Waals surface area contributed by atoms with E-state index in [2.05, 4.69) is 4.98 Å². The summed E-state index contributed by atoms with van der Waals surface area (Å²) in [5.41, 5.74) is 0.341. The number of aromatic hydroxyl groups is 1. The first-order chi connectivity index (χ1) is 10.1. The van der Waals surface area contributed by atoms with Gasteiger partial charge in [0.2, 0.25) is 0 Å². The Morgan fingerprint density at radius 3 is 2.67 bits per heavy atom. The predicted molar refractivity (Wildman–Crippen MR) is 74.6 cm³/mol. The second-order valence-corrected chi connectivity index (χ2v) is 4.43. The Bertz CT molecular complexity index is 796. The number of rotatable bonds is 4. The number of hydrogen-bond donors (Lipinski definition) is 2. The van der Waals surface area contributed by atoms with Gasteiger partial charge in [0.25, 0.3) is 0 Å². The van der Waals surface area contributed by atoms with Crippen LogP contribution < -0.4 is 4.74 Å². The summed E-state index contributed by atoms with van der Waals surface area (Å²) in [5.74, 6) is -0.0321. The van der Waals surface area contributed by atoms with Crippen LogP contribution in [0.15, 0.2) is 48.7 Å². The lowest BCUT2D eigenvalue weighted by Gasteiger charge is -2.05. The van der Waals surface area contributed by atoms with Crippen LogP contribution in [0.3, 0.4) is 0 Å². The molecule has 21 heavy (non-hydrogen) atoms. The zero-order chi connectivity index (χ0) is 14.8. The number of aromatic carboxylic acids is 1. The monoisotopic (exact) mass is 284 g/mol. The van der Waals surface area contributed by atoms with Crippen molar-refractivity contribution >= 4 is 11.5 Å². The van der Waals surface area contributed by atoms with Gasteiger partial charge in [0, 0.05) is 0 Å². The smallest absolute Gasteiger partial charge is 0.356 e. The van der Waals surface area contributed by atoms with Crippen molar-refractivity contribution in [1.29, 1.82) is 0 Å².